The van der Waals surface area contributed by atoms with E-state index in [1.807, 2.05) is 29.2 Å². The zero-order valence-electron chi connectivity index (χ0n) is 21.4. The zero-order valence-corrected chi connectivity index (χ0v) is 21.4. The van der Waals surface area contributed by atoms with E-state index in [9.17, 15) is 32.7 Å². The number of carboxylic acid groups (broad SMARTS) is 1. The van der Waals surface area contributed by atoms with Crippen molar-refractivity contribution >= 4 is 23.5 Å². The molecule has 2 saturated carbocycles. The molecule has 1 N–H and O–H groups in total. The van der Waals surface area contributed by atoms with Gasteiger partial charge in [-0.25, -0.2) is 0 Å². The third-order valence-electron chi connectivity index (χ3n) is 8.23. The maximum Gasteiger partial charge on any atom is 0.573 e. The van der Waals surface area contributed by atoms with Crippen molar-refractivity contribution in [3.05, 3.63) is 59.7 Å². The van der Waals surface area contributed by atoms with Gasteiger partial charge in [0.25, 0.3) is 5.91 Å². The molecule has 2 fully saturated rings. The number of amides is 2. The maximum atomic E-state index is 13.8. The average molecular weight is 545 g/mol. The minimum absolute atomic E-state index is 0.0365. The summed E-state index contributed by atoms with van der Waals surface area (Å²) in [5.41, 5.74) is 1.76. The molecular weight excluding hydrogens is 513 g/mol. The number of aliphatic carboxylic acids is 1. The smallest absolute Gasteiger partial charge is 0.481 e. The Balaban J connectivity index is 1.49. The van der Waals surface area contributed by atoms with Crippen LogP contribution in [0.15, 0.2) is 48.5 Å². The minimum atomic E-state index is -4.82. The SMILES string of the molecule is O=C(O)CCC(=O)N(CC1CCC1)[C@H]1c2ccccc2N(C(=O)c2ccc(OC(F)(F)F)cc2)[C@@H]2CCC[C@@H]21. The van der Waals surface area contributed by atoms with E-state index in [0.29, 0.717) is 18.2 Å². The predicted octanol–water partition coefficient (Wildman–Crippen LogP) is 5.95. The Morgan fingerprint density at radius 2 is 1.64 bits per heavy atom. The van der Waals surface area contributed by atoms with Crippen LogP contribution in [0.25, 0.3) is 0 Å². The first kappa shape index (κ1) is 27.0. The summed E-state index contributed by atoms with van der Waals surface area (Å²) < 4.78 is 41.8. The fourth-order valence-electron chi connectivity index (χ4n) is 6.30. The van der Waals surface area contributed by atoms with Gasteiger partial charge in [-0.2, -0.15) is 0 Å². The number of carbonyl (C=O) groups is 3. The summed E-state index contributed by atoms with van der Waals surface area (Å²) in [6, 6.07) is 11.9. The van der Waals surface area contributed by atoms with E-state index in [1.54, 1.807) is 4.90 Å². The number of fused-ring (bicyclic) bond motifs is 2. The van der Waals surface area contributed by atoms with E-state index in [2.05, 4.69) is 4.74 Å². The molecule has 0 bridgehead atoms. The number of hydrogen-bond acceptors (Lipinski definition) is 4. The molecule has 2 aromatic carbocycles. The van der Waals surface area contributed by atoms with Crippen molar-refractivity contribution in [2.24, 2.45) is 11.8 Å². The number of carbonyl (C=O) groups excluding carboxylic acids is 2. The van der Waals surface area contributed by atoms with Crippen molar-refractivity contribution in [2.75, 3.05) is 11.4 Å². The Hall–Kier alpha value is -3.56. The molecular formula is C29H31F3N2O5. The lowest BCUT2D eigenvalue weighted by atomic mass is 9.79. The van der Waals surface area contributed by atoms with Crippen molar-refractivity contribution in [2.45, 2.75) is 69.8 Å². The Labute approximate surface area is 224 Å². The first-order chi connectivity index (χ1) is 18.6. The van der Waals surface area contributed by atoms with Gasteiger partial charge in [-0.3, -0.25) is 14.4 Å². The lowest BCUT2D eigenvalue weighted by molar-refractivity contribution is -0.274. The van der Waals surface area contributed by atoms with Gasteiger partial charge in [0.1, 0.15) is 5.75 Å². The molecule has 0 aromatic heterocycles. The molecule has 3 atom stereocenters. The third-order valence-corrected chi connectivity index (χ3v) is 8.23. The fraction of sp³-hybridized carbons (Fsp3) is 0.483. The third kappa shape index (κ3) is 5.74. The largest absolute Gasteiger partial charge is 0.573 e. The number of rotatable bonds is 8. The highest BCUT2D eigenvalue weighted by molar-refractivity contribution is 6.07. The van der Waals surface area contributed by atoms with Gasteiger partial charge in [0.15, 0.2) is 0 Å². The molecule has 7 nitrogen and oxygen atoms in total. The van der Waals surface area contributed by atoms with Crippen molar-refractivity contribution in [1.29, 1.82) is 0 Å². The summed E-state index contributed by atoms with van der Waals surface area (Å²) in [6.45, 7) is 0.565. The second kappa shape index (κ2) is 10.9. The molecule has 0 radical (unpaired) electrons. The fourth-order valence-corrected chi connectivity index (χ4v) is 6.30. The number of halogens is 3. The van der Waals surface area contributed by atoms with E-state index >= 15 is 0 Å². The minimum Gasteiger partial charge on any atom is -0.481 e. The van der Waals surface area contributed by atoms with E-state index in [1.165, 1.54) is 12.1 Å². The normalized spacial score (nSPS) is 22.4. The second-order valence-electron chi connectivity index (χ2n) is 10.6. The monoisotopic (exact) mass is 544 g/mol. The number of ether oxygens (including phenoxy) is 1. The van der Waals surface area contributed by atoms with Crippen molar-refractivity contribution < 1.29 is 37.4 Å². The van der Waals surface area contributed by atoms with Gasteiger partial charge in [-0.1, -0.05) is 31.0 Å². The van der Waals surface area contributed by atoms with Crippen LogP contribution in [0.5, 0.6) is 5.75 Å². The first-order valence-corrected chi connectivity index (χ1v) is 13.4. The number of carboxylic acids is 1. The van der Waals surface area contributed by atoms with Crippen LogP contribution in [0, 0.1) is 11.8 Å². The zero-order chi connectivity index (χ0) is 27.7. The van der Waals surface area contributed by atoms with E-state index in [-0.39, 0.29) is 48.2 Å². The molecule has 3 aliphatic rings. The number of alkyl halides is 3. The molecule has 2 aromatic rings. The summed E-state index contributed by atoms with van der Waals surface area (Å²) in [7, 11) is 0. The number of benzene rings is 2. The highest BCUT2D eigenvalue weighted by Crippen LogP contribution is 2.51. The topological polar surface area (TPSA) is 87.2 Å². The van der Waals surface area contributed by atoms with Crippen LogP contribution in [0.4, 0.5) is 18.9 Å². The highest BCUT2D eigenvalue weighted by Gasteiger charge is 2.49. The molecule has 10 heteroatoms. The van der Waals surface area contributed by atoms with E-state index in [0.717, 1.165) is 56.2 Å². The van der Waals surface area contributed by atoms with Gasteiger partial charge in [0.05, 0.1) is 12.5 Å². The van der Waals surface area contributed by atoms with Crippen LogP contribution in [-0.4, -0.2) is 46.7 Å². The molecule has 1 aliphatic heterocycles. The standard InChI is InChI=1S/C29H31F3N2O5/c30-29(31,32)39-20-13-11-19(12-14-20)28(38)34-23-9-2-1-7-21(23)27(22-8-4-10-24(22)34)33(17-18-5-3-6-18)25(35)15-16-26(36)37/h1-2,7,9,11-14,18,22,24,27H,3-6,8,10,15-17H2,(H,36,37)/t22-,24+,27-/m0/s1. The molecule has 208 valence electrons. The van der Waals surface area contributed by atoms with Crippen LogP contribution < -0.4 is 9.64 Å². The van der Waals surface area contributed by atoms with Gasteiger partial charge in [0.2, 0.25) is 5.91 Å². The lowest BCUT2D eigenvalue weighted by Gasteiger charge is -2.49. The summed E-state index contributed by atoms with van der Waals surface area (Å²) in [5.74, 6) is -1.58. The van der Waals surface area contributed by atoms with E-state index < -0.39 is 18.1 Å². The van der Waals surface area contributed by atoms with Gasteiger partial charge in [0, 0.05) is 36.2 Å². The van der Waals surface area contributed by atoms with Crippen LogP contribution in [0.1, 0.15) is 73.3 Å². The molecule has 1 heterocycles. The summed E-state index contributed by atoms with van der Waals surface area (Å²) in [4.78, 5) is 42.2. The number of anilines is 1. The van der Waals surface area contributed by atoms with Gasteiger partial charge < -0.3 is 19.6 Å². The van der Waals surface area contributed by atoms with Gasteiger partial charge >= 0.3 is 12.3 Å². The Morgan fingerprint density at radius 1 is 0.949 bits per heavy atom. The molecule has 0 saturated heterocycles. The van der Waals surface area contributed by atoms with Crippen LogP contribution >= 0.6 is 0 Å². The van der Waals surface area contributed by atoms with Crippen LogP contribution in [-0.2, 0) is 9.59 Å². The van der Waals surface area contributed by atoms with Crippen molar-refractivity contribution in [3.63, 3.8) is 0 Å². The quantitative estimate of drug-likeness (QED) is 0.444. The second-order valence-corrected chi connectivity index (χ2v) is 10.6. The molecule has 0 spiro atoms. The summed E-state index contributed by atoms with van der Waals surface area (Å²) in [6.07, 6.45) is 0.446. The summed E-state index contributed by atoms with van der Waals surface area (Å²) in [5, 5.41) is 9.20. The van der Waals surface area contributed by atoms with Crippen molar-refractivity contribution in [3.8, 4) is 5.75 Å². The summed E-state index contributed by atoms with van der Waals surface area (Å²) >= 11 is 0. The number of hydrogen-bond donors (Lipinski definition) is 1. The first-order valence-electron chi connectivity index (χ1n) is 13.4. The Bertz CT molecular complexity index is 1230. The predicted molar refractivity (Wildman–Crippen MR) is 136 cm³/mol. The number of para-hydroxylation sites is 1. The van der Waals surface area contributed by atoms with E-state index in [4.69, 9.17) is 0 Å². The van der Waals surface area contributed by atoms with Gasteiger partial charge in [-0.05, 0) is 67.5 Å². The van der Waals surface area contributed by atoms with Crippen molar-refractivity contribution in [1.82, 2.24) is 4.90 Å². The molecule has 2 amide bonds. The average Bonchev–Trinajstić information content (AvgIpc) is 3.34. The Morgan fingerprint density at radius 3 is 2.28 bits per heavy atom. The van der Waals surface area contributed by atoms with Crippen LogP contribution in [0.3, 0.4) is 0 Å². The molecule has 39 heavy (non-hydrogen) atoms. The molecule has 0 unspecified atom stereocenters. The maximum absolute atomic E-state index is 13.8. The molecule has 2 aliphatic carbocycles. The van der Waals surface area contributed by atoms with Crippen LogP contribution in [0.2, 0.25) is 0 Å². The highest BCUT2D eigenvalue weighted by atomic mass is 19.4. The Kier molecular flexibility index (Phi) is 7.55. The van der Waals surface area contributed by atoms with Gasteiger partial charge in [-0.15, -0.1) is 13.2 Å². The molecule has 5 rings (SSSR count). The lowest BCUT2D eigenvalue weighted by Crippen LogP contribution is -2.53. The number of nitrogens with zero attached hydrogens (tertiary/aromatic N) is 2.